The Labute approximate surface area is 187 Å². The van der Waals surface area contributed by atoms with Crippen LogP contribution in [0.15, 0.2) is 58.3 Å². The number of nitrogens with two attached hydrogens (primary N) is 2. The number of rotatable bonds is 4. The minimum Gasteiger partial charge on any atom is -0.399 e. The van der Waals surface area contributed by atoms with Gasteiger partial charge in [-0.05, 0) is 24.3 Å². The number of anilines is 4. The largest absolute Gasteiger partial charge is 0.399 e. The fourth-order valence-electron chi connectivity index (χ4n) is 3.67. The second-order valence-electron chi connectivity index (χ2n) is 7.10. The summed E-state index contributed by atoms with van der Waals surface area (Å²) in [7, 11) is -10.8. The Bertz CT molecular complexity index is 1580. The molecule has 0 saturated heterocycles. The molecule has 0 bridgehead atoms. The van der Waals surface area contributed by atoms with Crippen LogP contribution in [0.1, 0.15) is 31.8 Å². The maximum Gasteiger partial charge on any atom is 0.298 e. The van der Waals surface area contributed by atoms with Crippen LogP contribution in [0.5, 0.6) is 0 Å². The number of ketones is 2. The minimum atomic E-state index is -5.42. The highest BCUT2D eigenvalue weighted by Gasteiger charge is 2.42. The first-order valence-corrected chi connectivity index (χ1v) is 12.0. The third-order valence-corrected chi connectivity index (χ3v) is 7.01. The van der Waals surface area contributed by atoms with Gasteiger partial charge >= 0.3 is 0 Å². The molecule has 0 unspecified atom stereocenters. The topological polar surface area (TPSA) is 207 Å². The van der Waals surface area contributed by atoms with Gasteiger partial charge in [-0.1, -0.05) is 24.3 Å². The van der Waals surface area contributed by atoms with Crippen LogP contribution in [0.2, 0.25) is 0 Å². The summed E-state index contributed by atoms with van der Waals surface area (Å²) in [6.07, 6.45) is 0. The van der Waals surface area contributed by atoms with Gasteiger partial charge in [0.15, 0.2) is 11.6 Å². The van der Waals surface area contributed by atoms with Crippen LogP contribution in [0.25, 0.3) is 0 Å². The molecule has 0 radical (unpaired) electrons. The zero-order valence-electron chi connectivity index (χ0n) is 16.4. The minimum absolute atomic E-state index is 0.0874. The van der Waals surface area contributed by atoms with E-state index >= 15 is 0 Å². The Morgan fingerprint density at radius 1 is 0.697 bits per heavy atom. The van der Waals surface area contributed by atoms with Crippen molar-refractivity contribution < 1.29 is 35.5 Å². The van der Waals surface area contributed by atoms with Crippen molar-refractivity contribution in [2.24, 2.45) is 0 Å². The van der Waals surface area contributed by atoms with Crippen molar-refractivity contribution in [2.45, 2.75) is 9.79 Å². The van der Waals surface area contributed by atoms with Crippen LogP contribution in [-0.2, 0) is 20.2 Å². The van der Waals surface area contributed by atoms with Gasteiger partial charge in [0.05, 0.1) is 22.5 Å². The molecule has 0 atom stereocenters. The van der Waals surface area contributed by atoms with Gasteiger partial charge in [0.25, 0.3) is 20.2 Å². The molecular formula is C20H15N3O8S2. The fourth-order valence-corrected chi connectivity index (χ4v) is 5.77. The molecule has 3 aromatic carbocycles. The number of hydrogen-bond acceptors (Lipinski definition) is 9. The monoisotopic (exact) mass is 489 g/mol. The maximum atomic E-state index is 13.4. The van der Waals surface area contributed by atoms with E-state index in [0.29, 0.717) is 5.69 Å². The number of nitrogen functional groups attached to an aromatic ring is 2. The quantitative estimate of drug-likeness (QED) is 0.206. The average molecular weight is 489 g/mol. The van der Waals surface area contributed by atoms with E-state index in [9.17, 15) is 35.5 Å². The third-order valence-electron chi connectivity index (χ3n) is 5.01. The highest BCUT2D eigenvalue weighted by Crippen LogP contribution is 2.45. The van der Waals surface area contributed by atoms with Crippen LogP contribution in [0, 0.1) is 0 Å². The van der Waals surface area contributed by atoms with Crippen LogP contribution < -0.4 is 16.8 Å². The van der Waals surface area contributed by atoms with Gasteiger partial charge in [0.2, 0.25) is 0 Å². The van der Waals surface area contributed by atoms with Gasteiger partial charge in [-0.2, -0.15) is 16.8 Å². The standard InChI is InChI=1S/C20H15N3O8S2/c21-9-5-7-10(8-6-9)23-16-14-13(17(24)11-3-1-2-4-12(11)18(14)25)15(22)19(32(26,27)28)20(16)33(29,30)31/h1-8,23H,21-22H2,(H,26,27,28)(H,29,30,31). The molecule has 4 rings (SSSR count). The Morgan fingerprint density at radius 3 is 1.67 bits per heavy atom. The van der Waals surface area contributed by atoms with Crippen molar-refractivity contribution in [3.8, 4) is 0 Å². The molecule has 3 aromatic rings. The van der Waals surface area contributed by atoms with Crippen molar-refractivity contribution in [1.29, 1.82) is 0 Å². The van der Waals surface area contributed by atoms with Gasteiger partial charge in [0.1, 0.15) is 9.79 Å². The second-order valence-corrected chi connectivity index (χ2v) is 9.81. The van der Waals surface area contributed by atoms with E-state index in [0.717, 1.165) is 0 Å². The van der Waals surface area contributed by atoms with E-state index < -0.39 is 64.1 Å². The lowest BCUT2D eigenvalue weighted by Gasteiger charge is -2.25. The second kappa shape index (κ2) is 7.38. The lowest BCUT2D eigenvalue weighted by atomic mass is 9.82. The Morgan fingerprint density at radius 2 is 1.18 bits per heavy atom. The van der Waals surface area contributed by atoms with Crippen LogP contribution in [0.3, 0.4) is 0 Å². The van der Waals surface area contributed by atoms with Gasteiger partial charge in [-0.3, -0.25) is 18.7 Å². The Hall–Kier alpha value is -3.78. The molecule has 0 fully saturated rings. The molecule has 0 spiro atoms. The molecule has 0 heterocycles. The molecule has 33 heavy (non-hydrogen) atoms. The van der Waals surface area contributed by atoms with Crippen LogP contribution in [0.4, 0.5) is 22.7 Å². The summed E-state index contributed by atoms with van der Waals surface area (Å²) in [6, 6.07) is 11.2. The van der Waals surface area contributed by atoms with E-state index in [1.54, 1.807) is 0 Å². The molecule has 170 valence electrons. The highest BCUT2D eigenvalue weighted by atomic mass is 32.2. The molecule has 11 nitrogen and oxygen atoms in total. The zero-order valence-corrected chi connectivity index (χ0v) is 18.1. The maximum absolute atomic E-state index is 13.4. The molecule has 1 aliphatic rings. The summed E-state index contributed by atoms with van der Waals surface area (Å²) in [5.41, 5.74) is 8.83. The molecule has 7 N–H and O–H groups in total. The van der Waals surface area contributed by atoms with Gasteiger partial charge in [-0.25, -0.2) is 0 Å². The Balaban J connectivity index is 2.21. The van der Waals surface area contributed by atoms with Crippen molar-refractivity contribution in [1.82, 2.24) is 0 Å². The molecule has 0 saturated carbocycles. The smallest absolute Gasteiger partial charge is 0.298 e. The zero-order chi connectivity index (χ0) is 24.3. The van der Waals surface area contributed by atoms with Crippen molar-refractivity contribution in [3.63, 3.8) is 0 Å². The number of carbonyl (C=O) groups is 2. The number of fused-ring (bicyclic) bond motifs is 2. The lowest BCUT2D eigenvalue weighted by molar-refractivity contribution is 0.0980. The fraction of sp³-hybridized carbons (Fsp3) is 0. The summed E-state index contributed by atoms with van der Waals surface area (Å²) in [5.74, 6) is -1.72. The predicted molar refractivity (Wildman–Crippen MR) is 118 cm³/mol. The van der Waals surface area contributed by atoms with Crippen molar-refractivity contribution in [3.05, 3.63) is 70.8 Å². The van der Waals surface area contributed by atoms with Crippen molar-refractivity contribution in [2.75, 3.05) is 16.8 Å². The van der Waals surface area contributed by atoms with E-state index in [-0.39, 0.29) is 16.8 Å². The van der Waals surface area contributed by atoms with Crippen molar-refractivity contribution >= 4 is 54.6 Å². The summed E-state index contributed by atoms with van der Waals surface area (Å²) < 4.78 is 68.6. The van der Waals surface area contributed by atoms with E-state index in [4.69, 9.17) is 11.5 Å². The molecule has 13 heteroatoms. The summed E-state index contributed by atoms with van der Waals surface area (Å²) in [5, 5.41) is 2.56. The van der Waals surface area contributed by atoms with E-state index in [1.807, 2.05) is 0 Å². The molecule has 1 aliphatic carbocycles. The molecule has 0 aromatic heterocycles. The first kappa shape index (κ1) is 22.4. The number of nitrogens with one attached hydrogen (secondary N) is 1. The van der Waals surface area contributed by atoms with Crippen LogP contribution in [-0.4, -0.2) is 37.5 Å². The Kier molecular flexibility index (Phi) is 5.01. The third kappa shape index (κ3) is 3.62. The number of carbonyl (C=O) groups excluding carboxylic acids is 2. The average Bonchev–Trinajstić information content (AvgIpc) is 2.72. The number of benzene rings is 3. The lowest BCUT2D eigenvalue weighted by Crippen LogP contribution is -2.27. The summed E-state index contributed by atoms with van der Waals surface area (Å²) in [6.45, 7) is 0. The SMILES string of the molecule is Nc1ccc(Nc2c3c(c(N)c(S(=O)(=O)O)c2S(=O)(=O)O)C(=O)c2ccccc2C3=O)cc1. The van der Waals surface area contributed by atoms with Crippen LogP contribution >= 0.6 is 0 Å². The summed E-state index contributed by atoms with van der Waals surface area (Å²) >= 11 is 0. The molecule has 0 amide bonds. The van der Waals surface area contributed by atoms with E-state index in [1.165, 1.54) is 48.5 Å². The van der Waals surface area contributed by atoms with Gasteiger partial charge < -0.3 is 16.8 Å². The van der Waals surface area contributed by atoms with Gasteiger partial charge in [0, 0.05) is 22.5 Å². The number of hydrogen-bond donors (Lipinski definition) is 5. The molecule has 0 aliphatic heterocycles. The highest BCUT2D eigenvalue weighted by molar-refractivity contribution is 7.89. The normalized spacial score (nSPS) is 13.4. The van der Waals surface area contributed by atoms with E-state index in [2.05, 4.69) is 5.32 Å². The van der Waals surface area contributed by atoms with Gasteiger partial charge in [-0.15, -0.1) is 0 Å². The summed E-state index contributed by atoms with van der Waals surface area (Å²) in [4.78, 5) is 23.7. The predicted octanol–water partition coefficient (Wildman–Crippen LogP) is 1.86. The molecular weight excluding hydrogens is 474 g/mol. The first-order chi connectivity index (χ1) is 15.3. The first-order valence-electron chi connectivity index (χ1n) is 9.07.